The number of nitrogens with one attached hydrogen (secondary N) is 3. The molecule has 4 rings (SSSR count). The number of carbonyl (C=O) groups excluding carboxylic acids is 1. The number of methoxy groups -OCH3 is 1. The molecule has 4 aromatic rings. The molecule has 1 atom stereocenters. The Hall–Kier alpha value is -3.33. The standard InChI is InChI=1S/C25H24ClN3O4S/c1-33-24-9-5-2-6-17(24)15-28-25(30)23(14-18-16-27-22-8-4-3-7-21(18)22)29-34(31,32)20-12-10-19(26)11-13-20/h2-13,16,23,27,29H,14-15H2,1H3,(H,28,30)/t23-/m1/s1. The van der Waals surface area contributed by atoms with Crippen LogP contribution in [-0.4, -0.2) is 32.5 Å². The van der Waals surface area contributed by atoms with Crippen molar-refractivity contribution in [2.75, 3.05) is 7.11 Å². The molecule has 0 aliphatic heterocycles. The van der Waals surface area contributed by atoms with E-state index in [1.165, 1.54) is 24.3 Å². The summed E-state index contributed by atoms with van der Waals surface area (Å²) in [5.41, 5.74) is 2.52. The number of benzene rings is 3. The smallest absolute Gasteiger partial charge is 0.241 e. The molecule has 0 fully saturated rings. The number of halogens is 1. The number of hydrogen-bond acceptors (Lipinski definition) is 4. The van der Waals surface area contributed by atoms with Crippen LogP contribution in [0.1, 0.15) is 11.1 Å². The van der Waals surface area contributed by atoms with E-state index in [-0.39, 0.29) is 17.9 Å². The van der Waals surface area contributed by atoms with Gasteiger partial charge in [0.25, 0.3) is 0 Å². The topological polar surface area (TPSA) is 100 Å². The lowest BCUT2D eigenvalue weighted by molar-refractivity contribution is -0.122. The minimum atomic E-state index is -3.98. The Kier molecular flexibility index (Phi) is 7.21. The second-order valence-electron chi connectivity index (χ2n) is 7.72. The van der Waals surface area contributed by atoms with Crippen LogP contribution in [0.4, 0.5) is 0 Å². The molecule has 0 saturated carbocycles. The predicted octanol–water partition coefficient (Wildman–Crippen LogP) is 4.04. The van der Waals surface area contributed by atoms with E-state index in [2.05, 4.69) is 15.0 Å². The third-order valence-electron chi connectivity index (χ3n) is 5.48. The van der Waals surface area contributed by atoms with Crippen LogP contribution in [0.5, 0.6) is 5.75 Å². The molecule has 3 aromatic carbocycles. The summed E-state index contributed by atoms with van der Waals surface area (Å²) < 4.78 is 34.0. The summed E-state index contributed by atoms with van der Waals surface area (Å²) in [5, 5.41) is 4.19. The van der Waals surface area contributed by atoms with Gasteiger partial charge in [0.15, 0.2) is 0 Å². The number of ether oxygens (including phenoxy) is 1. The molecular weight excluding hydrogens is 474 g/mol. The van der Waals surface area contributed by atoms with Crippen LogP contribution in [-0.2, 0) is 27.8 Å². The highest BCUT2D eigenvalue weighted by Crippen LogP contribution is 2.21. The number of para-hydroxylation sites is 2. The molecule has 0 spiro atoms. The number of fused-ring (bicyclic) bond motifs is 1. The van der Waals surface area contributed by atoms with Gasteiger partial charge in [-0.2, -0.15) is 4.72 Å². The molecule has 1 heterocycles. The first kappa shape index (κ1) is 23.8. The van der Waals surface area contributed by atoms with Gasteiger partial charge < -0.3 is 15.0 Å². The summed E-state index contributed by atoms with van der Waals surface area (Å²) in [6.45, 7) is 0.190. The Labute approximate surface area is 203 Å². The lowest BCUT2D eigenvalue weighted by Gasteiger charge is -2.19. The van der Waals surface area contributed by atoms with Crippen LogP contribution < -0.4 is 14.8 Å². The van der Waals surface area contributed by atoms with Crippen molar-refractivity contribution in [1.82, 2.24) is 15.0 Å². The molecule has 1 aromatic heterocycles. The van der Waals surface area contributed by atoms with Crippen molar-refractivity contribution in [3.8, 4) is 5.75 Å². The lowest BCUT2D eigenvalue weighted by atomic mass is 10.0. The highest BCUT2D eigenvalue weighted by molar-refractivity contribution is 7.89. The monoisotopic (exact) mass is 497 g/mol. The quantitative estimate of drug-likeness (QED) is 0.325. The molecular formula is C25H24ClN3O4S. The number of hydrogen-bond donors (Lipinski definition) is 3. The average Bonchev–Trinajstić information content (AvgIpc) is 3.25. The molecule has 0 bridgehead atoms. The summed E-state index contributed by atoms with van der Waals surface area (Å²) in [6.07, 6.45) is 1.95. The van der Waals surface area contributed by atoms with Crippen LogP contribution in [0.2, 0.25) is 5.02 Å². The van der Waals surface area contributed by atoms with E-state index in [1.54, 1.807) is 19.4 Å². The highest BCUT2D eigenvalue weighted by atomic mass is 35.5. The summed E-state index contributed by atoms with van der Waals surface area (Å²) in [4.78, 5) is 16.4. The zero-order valence-corrected chi connectivity index (χ0v) is 20.0. The normalized spacial score (nSPS) is 12.4. The Bertz CT molecular complexity index is 1400. The van der Waals surface area contributed by atoms with Crippen molar-refractivity contribution in [2.45, 2.75) is 23.9 Å². The number of rotatable bonds is 9. The zero-order valence-electron chi connectivity index (χ0n) is 18.4. The fourth-order valence-corrected chi connectivity index (χ4v) is 5.05. The number of H-pyrrole nitrogens is 1. The first-order valence-electron chi connectivity index (χ1n) is 10.6. The molecule has 0 aliphatic carbocycles. The van der Waals surface area contributed by atoms with Crippen molar-refractivity contribution in [3.63, 3.8) is 0 Å². The third kappa shape index (κ3) is 5.41. The summed E-state index contributed by atoms with van der Waals surface area (Å²) in [5.74, 6) is 0.187. The fraction of sp³-hybridized carbons (Fsp3) is 0.160. The van der Waals surface area contributed by atoms with E-state index in [0.717, 1.165) is 22.0 Å². The van der Waals surface area contributed by atoms with Crippen LogP contribution in [0.25, 0.3) is 10.9 Å². The van der Waals surface area contributed by atoms with Gasteiger partial charge in [-0.25, -0.2) is 8.42 Å². The summed E-state index contributed by atoms with van der Waals surface area (Å²) in [7, 11) is -2.42. The van der Waals surface area contributed by atoms with E-state index in [9.17, 15) is 13.2 Å². The third-order valence-corrected chi connectivity index (χ3v) is 7.22. The molecule has 0 unspecified atom stereocenters. The first-order valence-corrected chi connectivity index (χ1v) is 12.5. The predicted molar refractivity (Wildman–Crippen MR) is 132 cm³/mol. The molecule has 1 amide bonds. The van der Waals surface area contributed by atoms with E-state index < -0.39 is 22.0 Å². The Morgan fingerprint density at radius 2 is 1.71 bits per heavy atom. The van der Waals surface area contributed by atoms with E-state index in [0.29, 0.717) is 10.8 Å². The summed E-state index contributed by atoms with van der Waals surface area (Å²) >= 11 is 5.90. The van der Waals surface area contributed by atoms with Gasteiger partial charge in [0, 0.05) is 34.2 Å². The molecule has 34 heavy (non-hydrogen) atoms. The minimum absolute atomic E-state index is 0.0263. The lowest BCUT2D eigenvalue weighted by Crippen LogP contribution is -2.47. The second-order valence-corrected chi connectivity index (χ2v) is 9.87. The molecule has 176 valence electrons. The maximum absolute atomic E-state index is 13.2. The second kappa shape index (κ2) is 10.3. The van der Waals surface area contributed by atoms with Crippen molar-refractivity contribution in [1.29, 1.82) is 0 Å². The average molecular weight is 498 g/mol. The van der Waals surface area contributed by atoms with Crippen LogP contribution in [0, 0.1) is 0 Å². The Morgan fingerprint density at radius 1 is 1.00 bits per heavy atom. The Balaban J connectivity index is 1.60. The molecule has 0 aliphatic rings. The van der Waals surface area contributed by atoms with Crippen molar-refractivity contribution < 1.29 is 17.9 Å². The first-order chi connectivity index (χ1) is 16.4. The minimum Gasteiger partial charge on any atom is -0.496 e. The maximum atomic E-state index is 13.2. The molecule has 3 N–H and O–H groups in total. The molecule has 0 radical (unpaired) electrons. The molecule has 9 heteroatoms. The maximum Gasteiger partial charge on any atom is 0.241 e. The molecule has 7 nitrogen and oxygen atoms in total. The van der Waals surface area contributed by atoms with Gasteiger partial charge >= 0.3 is 0 Å². The van der Waals surface area contributed by atoms with E-state index >= 15 is 0 Å². The largest absolute Gasteiger partial charge is 0.496 e. The van der Waals surface area contributed by atoms with E-state index in [1.807, 2.05) is 42.5 Å². The van der Waals surface area contributed by atoms with Gasteiger partial charge in [0.2, 0.25) is 15.9 Å². The van der Waals surface area contributed by atoms with Gasteiger partial charge in [-0.05, 0) is 48.4 Å². The fourth-order valence-electron chi connectivity index (χ4n) is 3.73. The van der Waals surface area contributed by atoms with Gasteiger partial charge in [-0.3, -0.25) is 4.79 Å². The van der Waals surface area contributed by atoms with Crippen LogP contribution in [0.3, 0.4) is 0 Å². The van der Waals surface area contributed by atoms with Gasteiger partial charge in [-0.15, -0.1) is 0 Å². The number of aromatic amines is 1. The van der Waals surface area contributed by atoms with Crippen LogP contribution in [0.15, 0.2) is 83.9 Å². The zero-order chi connectivity index (χ0) is 24.1. The van der Waals surface area contributed by atoms with Crippen molar-refractivity contribution >= 4 is 38.4 Å². The van der Waals surface area contributed by atoms with Crippen LogP contribution >= 0.6 is 11.6 Å². The van der Waals surface area contributed by atoms with Gasteiger partial charge in [-0.1, -0.05) is 48.0 Å². The molecule has 0 saturated heterocycles. The highest BCUT2D eigenvalue weighted by Gasteiger charge is 2.27. The number of aromatic nitrogens is 1. The van der Waals surface area contributed by atoms with Gasteiger partial charge in [0.05, 0.1) is 12.0 Å². The number of carbonyl (C=O) groups is 1. The van der Waals surface area contributed by atoms with Gasteiger partial charge in [0.1, 0.15) is 11.8 Å². The summed E-state index contributed by atoms with van der Waals surface area (Å²) in [6, 6.07) is 19.7. The number of amides is 1. The van der Waals surface area contributed by atoms with Crippen molar-refractivity contribution in [2.24, 2.45) is 0 Å². The SMILES string of the molecule is COc1ccccc1CNC(=O)[C@@H](Cc1c[nH]c2ccccc12)NS(=O)(=O)c1ccc(Cl)cc1. The van der Waals surface area contributed by atoms with Crippen molar-refractivity contribution in [3.05, 3.63) is 95.1 Å². The van der Waals surface area contributed by atoms with E-state index in [4.69, 9.17) is 16.3 Å². The Morgan fingerprint density at radius 3 is 2.47 bits per heavy atom. The number of sulfonamides is 1.